The summed E-state index contributed by atoms with van der Waals surface area (Å²) in [6, 6.07) is 15.2. The summed E-state index contributed by atoms with van der Waals surface area (Å²) >= 11 is 1.50. The third-order valence-electron chi connectivity index (χ3n) is 3.83. The van der Waals surface area contributed by atoms with Crippen LogP contribution >= 0.6 is 11.3 Å². The Morgan fingerprint density at radius 3 is 2.44 bits per heavy atom. The van der Waals surface area contributed by atoms with Crippen molar-refractivity contribution in [1.82, 2.24) is 4.98 Å². The van der Waals surface area contributed by atoms with Crippen molar-refractivity contribution in [2.75, 3.05) is 20.8 Å². The normalized spacial score (nSPS) is 11.1. The Morgan fingerprint density at radius 1 is 1.19 bits per heavy atom. The van der Waals surface area contributed by atoms with Gasteiger partial charge in [-0.3, -0.25) is 4.99 Å². The van der Waals surface area contributed by atoms with Crippen molar-refractivity contribution in [1.29, 1.82) is 5.26 Å². The molecule has 0 aliphatic heterocycles. The molecule has 136 valence electrons. The van der Waals surface area contributed by atoms with E-state index in [-0.39, 0.29) is 23.8 Å². The van der Waals surface area contributed by atoms with Gasteiger partial charge in [-0.15, -0.1) is 11.3 Å². The van der Waals surface area contributed by atoms with Crippen LogP contribution in [0.3, 0.4) is 0 Å². The van der Waals surface area contributed by atoms with Crippen molar-refractivity contribution in [3.63, 3.8) is 0 Å². The third kappa shape index (κ3) is 3.91. The number of aromatic nitrogens is 1. The van der Waals surface area contributed by atoms with Crippen LogP contribution in [0.15, 0.2) is 52.8 Å². The van der Waals surface area contributed by atoms with Crippen LogP contribution in [0.1, 0.15) is 11.3 Å². The highest BCUT2D eigenvalue weighted by molar-refractivity contribution is 7.13. The van der Waals surface area contributed by atoms with Crippen LogP contribution in [0.4, 0.5) is 0 Å². The van der Waals surface area contributed by atoms with E-state index in [1.165, 1.54) is 25.6 Å². The fourth-order valence-corrected chi connectivity index (χ4v) is 3.37. The highest BCUT2D eigenvalue weighted by atomic mass is 32.1. The van der Waals surface area contributed by atoms with Gasteiger partial charge < -0.3 is 14.6 Å². The van der Waals surface area contributed by atoms with E-state index in [9.17, 15) is 5.11 Å². The summed E-state index contributed by atoms with van der Waals surface area (Å²) in [7, 11) is 2.92. The molecule has 0 fully saturated rings. The van der Waals surface area contributed by atoms with Crippen LogP contribution in [0.2, 0.25) is 0 Å². The van der Waals surface area contributed by atoms with E-state index >= 15 is 0 Å². The highest BCUT2D eigenvalue weighted by Gasteiger charge is 2.18. The second-order valence-corrected chi connectivity index (χ2v) is 6.31. The van der Waals surface area contributed by atoms with Crippen molar-refractivity contribution in [3.05, 3.63) is 59.1 Å². The first-order valence-electron chi connectivity index (χ1n) is 8.06. The Balaban J connectivity index is 2.09. The van der Waals surface area contributed by atoms with Crippen molar-refractivity contribution < 1.29 is 14.6 Å². The Bertz CT molecular complexity index is 982. The summed E-state index contributed by atoms with van der Waals surface area (Å²) in [6.45, 7) is -0.0148. The molecule has 0 saturated heterocycles. The molecule has 0 saturated carbocycles. The quantitative estimate of drug-likeness (QED) is 0.518. The number of phenolic OH excluding ortho intramolecular Hbond substituents is 1. The molecule has 3 aromatic rings. The number of aliphatic imine (C=N–C) groups is 1. The first-order chi connectivity index (χ1) is 13.2. The zero-order valence-corrected chi connectivity index (χ0v) is 15.7. The molecule has 3 rings (SSSR count). The Labute approximate surface area is 161 Å². The van der Waals surface area contributed by atoms with Crippen molar-refractivity contribution in [2.45, 2.75) is 0 Å². The van der Waals surface area contributed by atoms with Gasteiger partial charge in [-0.1, -0.05) is 30.3 Å². The van der Waals surface area contributed by atoms with E-state index < -0.39 is 0 Å². The maximum atomic E-state index is 10.1. The molecule has 1 heterocycles. The number of rotatable bonds is 6. The Kier molecular flexibility index (Phi) is 5.69. The first-order valence-corrected chi connectivity index (χ1v) is 8.94. The number of hydrogen-bond donors (Lipinski definition) is 1. The molecule has 6 nitrogen and oxygen atoms in total. The van der Waals surface area contributed by atoms with Gasteiger partial charge in [-0.05, 0) is 12.1 Å². The van der Waals surface area contributed by atoms with E-state index in [1.807, 2.05) is 41.8 Å². The van der Waals surface area contributed by atoms with E-state index in [2.05, 4.69) is 9.98 Å². The molecule has 0 amide bonds. The summed E-state index contributed by atoms with van der Waals surface area (Å²) in [6.07, 6.45) is 0. The van der Waals surface area contributed by atoms with Crippen LogP contribution in [-0.2, 0) is 0 Å². The van der Waals surface area contributed by atoms with Crippen LogP contribution in [-0.4, -0.2) is 36.6 Å². The van der Waals surface area contributed by atoms with Gasteiger partial charge in [0.2, 0.25) is 5.75 Å². The van der Waals surface area contributed by atoms with Crippen molar-refractivity contribution in [3.8, 4) is 33.9 Å². The van der Waals surface area contributed by atoms with Gasteiger partial charge >= 0.3 is 0 Å². The molecule has 27 heavy (non-hydrogen) atoms. The number of ether oxygens (including phenoxy) is 2. The molecule has 0 spiro atoms. The smallest absolute Gasteiger partial charge is 0.200 e. The SMILES string of the molecule is COc1cc(C(=NCC#N)c2csc(-c3ccccc3)n2)cc(OC)c1O. The van der Waals surface area contributed by atoms with Crippen LogP contribution < -0.4 is 9.47 Å². The number of hydrogen-bond acceptors (Lipinski definition) is 7. The van der Waals surface area contributed by atoms with E-state index in [0.717, 1.165) is 10.6 Å². The van der Waals surface area contributed by atoms with Gasteiger partial charge in [0.1, 0.15) is 17.2 Å². The van der Waals surface area contributed by atoms with Crippen LogP contribution in [0.25, 0.3) is 10.6 Å². The van der Waals surface area contributed by atoms with E-state index in [1.54, 1.807) is 12.1 Å². The number of phenols is 1. The van der Waals surface area contributed by atoms with Gasteiger partial charge in [0.15, 0.2) is 11.5 Å². The lowest BCUT2D eigenvalue weighted by atomic mass is 10.1. The highest BCUT2D eigenvalue weighted by Crippen LogP contribution is 2.38. The van der Waals surface area contributed by atoms with Gasteiger partial charge in [-0.2, -0.15) is 5.26 Å². The van der Waals surface area contributed by atoms with Crippen molar-refractivity contribution >= 4 is 17.0 Å². The minimum absolute atomic E-state index is 0.0148. The molecular weight excluding hydrogens is 362 g/mol. The predicted molar refractivity (Wildman–Crippen MR) is 105 cm³/mol. The zero-order valence-electron chi connectivity index (χ0n) is 14.8. The monoisotopic (exact) mass is 379 g/mol. The lowest BCUT2D eigenvalue weighted by Crippen LogP contribution is -2.06. The summed E-state index contributed by atoms with van der Waals surface area (Å²) in [4.78, 5) is 9.05. The second kappa shape index (κ2) is 8.34. The van der Waals surface area contributed by atoms with Gasteiger partial charge in [0.05, 0.1) is 26.0 Å². The van der Waals surface area contributed by atoms with Crippen LogP contribution in [0.5, 0.6) is 17.2 Å². The molecule has 0 radical (unpaired) electrons. The minimum Gasteiger partial charge on any atom is -0.502 e. The molecule has 0 aliphatic carbocycles. The number of methoxy groups -OCH3 is 2. The zero-order chi connectivity index (χ0) is 19.2. The Hall–Kier alpha value is -3.37. The maximum absolute atomic E-state index is 10.1. The summed E-state index contributed by atoms with van der Waals surface area (Å²) in [5.41, 5.74) is 2.83. The van der Waals surface area contributed by atoms with Crippen LogP contribution in [0, 0.1) is 11.3 Å². The number of nitriles is 1. The number of aromatic hydroxyl groups is 1. The Morgan fingerprint density at radius 2 is 1.85 bits per heavy atom. The molecule has 2 aromatic carbocycles. The molecule has 7 heteroatoms. The summed E-state index contributed by atoms with van der Waals surface area (Å²) in [5.74, 6) is 0.423. The molecule has 1 N–H and O–H groups in total. The fraction of sp³-hybridized carbons (Fsp3) is 0.150. The van der Waals surface area contributed by atoms with Gasteiger partial charge in [0, 0.05) is 16.5 Å². The molecule has 1 aromatic heterocycles. The standard InChI is InChI=1S/C20H17N3O3S/c1-25-16-10-14(11-17(26-2)19(16)24)18(22-9-8-21)15-12-27-20(23-15)13-6-4-3-5-7-13/h3-7,10-12,24H,9H2,1-2H3. The summed E-state index contributed by atoms with van der Waals surface area (Å²) in [5, 5.41) is 21.9. The number of thiazole rings is 1. The first kappa shape index (κ1) is 18.4. The molecule has 0 atom stereocenters. The van der Waals surface area contributed by atoms with E-state index in [0.29, 0.717) is 17.0 Å². The number of nitrogens with zero attached hydrogens (tertiary/aromatic N) is 3. The molecule has 0 bridgehead atoms. The molecule has 0 unspecified atom stereocenters. The second-order valence-electron chi connectivity index (χ2n) is 5.46. The lowest BCUT2D eigenvalue weighted by Gasteiger charge is -2.12. The summed E-state index contributed by atoms with van der Waals surface area (Å²) < 4.78 is 10.5. The number of benzene rings is 2. The van der Waals surface area contributed by atoms with E-state index in [4.69, 9.17) is 14.7 Å². The average Bonchev–Trinajstić information content (AvgIpc) is 3.19. The maximum Gasteiger partial charge on any atom is 0.200 e. The van der Waals surface area contributed by atoms with Gasteiger partial charge in [0.25, 0.3) is 0 Å². The fourth-order valence-electron chi connectivity index (χ4n) is 2.56. The molecule has 0 aliphatic rings. The third-order valence-corrected chi connectivity index (χ3v) is 4.72. The largest absolute Gasteiger partial charge is 0.502 e. The van der Waals surface area contributed by atoms with Crippen molar-refractivity contribution in [2.24, 2.45) is 4.99 Å². The lowest BCUT2D eigenvalue weighted by molar-refractivity contribution is 0.340. The predicted octanol–water partition coefficient (Wildman–Crippen LogP) is 3.89. The van der Waals surface area contributed by atoms with Gasteiger partial charge in [-0.25, -0.2) is 4.98 Å². The minimum atomic E-state index is -0.0911. The topological polar surface area (TPSA) is 87.7 Å². The molecular formula is C20H17N3O3S. The average molecular weight is 379 g/mol.